The highest BCUT2D eigenvalue weighted by Crippen LogP contribution is 2.25. The second-order valence-electron chi connectivity index (χ2n) is 6.31. The highest BCUT2D eigenvalue weighted by Gasteiger charge is 2.15. The third-order valence-corrected chi connectivity index (χ3v) is 5.53. The van der Waals surface area contributed by atoms with Crippen molar-refractivity contribution in [3.8, 4) is 0 Å². The number of nitrogens with zero attached hydrogens (tertiary/aromatic N) is 4. The molecule has 0 unspecified atom stereocenters. The molecule has 2 N–H and O–H groups in total. The molecule has 0 saturated carbocycles. The number of rotatable bonds is 5. The fourth-order valence-corrected chi connectivity index (χ4v) is 3.67. The van der Waals surface area contributed by atoms with Crippen LogP contribution in [-0.4, -0.2) is 24.7 Å². The van der Waals surface area contributed by atoms with E-state index in [1.165, 1.54) is 0 Å². The average Bonchev–Trinajstić information content (AvgIpc) is 3.09. The van der Waals surface area contributed by atoms with Gasteiger partial charge >= 0.3 is 0 Å². The Hall–Kier alpha value is -1.80. The maximum atomic E-state index is 6.29. The molecule has 2 heterocycles. The summed E-state index contributed by atoms with van der Waals surface area (Å²) in [7, 11) is 1.83. The number of nitrogens with one attached hydrogen (secondary N) is 2. The van der Waals surface area contributed by atoms with E-state index in [9.17, 15) is 0 Å². The van der Waals surface area contributed by atoms with Crippen LogP contribution in [0.1, 0.15) is 22.6 Å². The van der Waals surface area contributed by atoms with Gasteiger partial charge in [0.15, 0.2) is 5.11 Å². The lowest BCUT2D eigenvalue weighted by atomic mass is 10.2. The lowest BCUT2D eigenvalue weighted by Crippen LogP contribution is -2.29. The van der Waals surface area contributed by atoms with Gasteiger partial charge in [0.25, 0.3) is 0 Å². The van der Waals surface area contributed by atoms with Crippen LogP contribution in [0.25, 0.3) is 0 Å². The Morgan fingerprint density at radius 1 is 1.18 bits per heavy atom. The van der Waals surface area contributed by atoms with E-state index in [0.717, 1.165) is 28.3 Å². The van der Waals surface area contributed by atoms with E-state index in [-0.39, 0.29) is 0 Å². The normalized spacial score (nSPS) is 10.9. The lowest BCUT2D eigenvalue weighted by Gasteiger charge is -2.12. The van der Waals surface area contributed by atoms with Crippen LogP contribution in [0.15, 0.2) is 24.4 Å². The molecule has 0 amide bonds. The Kier molecular flexibility index (Phi) is 6.50. The minimum absolute atomic E-state index is 0.466. The molecule has 0 radical (unpaired) electrons. The monoisotopic (exact) mass is 456 g/mol. The van der Waals surface area contributed by atoms with Gasteiger partial charge in [0.05, 0.1) is 47.1 Å². The predicted molar refractivity (Wildman–Crippen MR) is 119 cm³/mol. The van der Waals surface area contributed by atoms with Gasteiger partial charge in [-0.25, -0.2) is 0 Å². The summed E-state index contributed by atoms with van der Waals surface area (Å²) >= 11 is 23.8. The molecule has 0 bridgehead atoms. The van der Waals surface area contributed by atoms with E-state index in [4.69, 9.17) is 47.0 Å². The second kappa shape index (κ2) is 8.69. The highest BCUT2D eigenvalue weighted by atomic mass is 35.5. The van der Waals surface area contributed by atoms with Gasteiger partial charge in [-0.05, 0) is 43.8 Å². The number of anilines is 1. The first-order chi connectivity index (χ1) is 13.3. The van der Waals surface area contributed by atoms with Crippen molar-refractivity contribution in [1.29, 1.82) is 0 Å². The topological polar surface area (TPSA) is 59.7 Å². The number of halogens is 3. The molecule has 3 rings (SSSR count). The summed E-state index contributed by atoms with van der Waals surface area (Å²) in [5.74, 6) is 0. The zero-order valence-electron chi connectivity index (χ0n) is 15.6. The van der Waals surface area contributed by atoms with E-state index in [0.29, 0.717) is 33.3 Å². The van der Waals surface area contributed by atoms with Crippen LogP contribution in [0.2, 0.25) is 15.1 Å². The van der Waals surface area contributed by atoms with Gasteiger partial charge in [-0.2, -0.15) is 10.2 Å². The van der Waals surface area contributed by atoms with Crippen LogP contribution in [0.3, 0.4) is 0 Å². The summed E-state index contributed by atoms with van der Waals surface area (Å²) in [6, 6.07) is 5.44. The Morgan fingerprint density at radius 2 is 1.93 bits per heavy atom. The van der Waals surface area contributed by atoms with E-state index in [1.807, 2.05) is 37.7 Å². The molecule has 0 spiro atoms. The van der Waals surface area contributed by atoms with E-state index in [2.05, 4.69) is 20.8 Å². The molecule has 3 aromatic rings. The Morgan fingerprint density at radius 3 is 2.57 bits per heavy atom. The highest BCUT2D eigenvalue weighted by molar-refractivity contribution is 7.80. The van der Waals surface area contributed by atoms with Gasteiger partial charge in [0.2, 0.25) is 0 Å². The lowest BCUT2D eigenvalue weighted by molar-refractivity contribution is 0.659. The van der Waals surface area contributed by atoms with Crippen molar-refractivity contribution in [2.75, 3.05) is 5.32 Å². The van der Waals surface area contributed by atoms with Gasteiger partial charge in [0.1, 0.15) is 0 Å². The van der Waals surface area contributed by atoms with E-state index < -0.39 is 0 Å². The third-order valence-electron chi connectivity index (χ3n) is 4.38. The van der Waals surface area contributed by atoms with Crippen LogP contribution in [0.5, 0.6) is 0 Å². The van der Waals surface area contributed by atoms with Gasteiger partial charge < -0.3 is 10.6 Å². The molecule has 0 aliphatic carbocycles. The maximum Gasteiger partial charge on any atom is 0.171 e. The summed E-state index contributed by atoms with van der Waals surface area (Å²) in [5, 5.41) is 17.4. The zero-order chi connectivity index (χ0) is 20.4. The van der Waals surface area contributed by atoms with Crippen LogP contribution in [-0.2, 0) is 20.1 Å². The standard InChI is InChI=1S/C18H19Cl3N6S/c1-10-17(24-18(28)22-8-16-15(21)7-23-26(16)3)11(2)27(25-10)9-12-4-5-13(19)6-14(12)20/h4-7H,8-9H2,1-3H3,(H2,22,24,28). The number of thiocarbonyl (C=S) groups is 1. The van der Waals surface area contributed by atoms with Crippen LogP contribution in [0.4, 0.5) is 5.69 Å². The second-order valence-corrected chi connectivity index (χ2v) is 7.97. The molecule has 2 aromatic heterocycles. The number of aromatic nitrogens is 4. The molecule has 0 aliphatic rings. The van der Waals surface area contributed by atoms with Gasteiger partial charge in [0, 0.05) is 17.1 Å². The number of benzene rings is 1. The molecule has 6 nitrogen and oxygen atoms in total. The van der Waals surface area contributed by atoms with Gasteiger partial charge in [-0.3, -0.25) is 9.36 Å². The third kappa shape index (κ3) is 4.60. The molecule has 1 aromatic carbocycles. The summed E-state index contributed by atoms with van der Waals surface area (Å²) in [5.41, 5.74) is 4.44. The van der Waals surface area contributed by atoms with Crippen molar-refractivity contribution in [2.24, 2.45) is 7.05 Å². The van der Waals surface area contributed by atoms with Crippen molar-refractivity contribution < 1.29 is 0 Å². The molecule has 0 aliphatic heterocycles. The first-order valence-electron chi connectivity index (χ1n) is 8.45. The Balaban J connectivity index is 1.70. The largest absolute Gasteiger partial charge is 0.357 e. The molecule has 10 heteroatoms. The summed E-state index contributed by atoms with van der Waals surface area (Å²) in [6.45, 7) is 4.91. The summed E-state index contributed by atoms with van der Waals surface area (Å²) in [6.07, 6.45) is 1.61. The van der Waals surface area contributed by atoms with Crippen molar-refractivity contribution in [1.82, 2.24) is 24.9 Å². The average molecular weight is 458 g/mol. The smallest absolute Gasteiger partial charge is 0.171 e. The number of hydrogen-bond acceptors (Lipinski definition) is 3. The number of hydrogen-bond donors (Lipinski definition) is 2. The van der Waals surface area contributed by atoms with Gasteiger partial charge in [-0.1, -0.05) is 40.9 Å². The summed E-state index contributed by atoms with van der Waals surface area (Å²) < 4.78 is 3.59. The molecular formula is C18H19Cl3N6S. The minimum atomic E-state index is 0.466. The fourth-order valence-electron chi connectivity index (χ4n) is 2.80. The van der Waals surface area contributed by atoms with E-state index in [1.54, 1.807) is 16.9 Å². The SMILES string of the molecule is Cc1nn(Cc2ccc(Cl)cc2Cl)c(C)c1NC(=S)NCc1c(Cl)cnn1C. The van der Waals surface area contributed by atoms with Crippen molar-refractivity contribution >= 4 is 57.8 Å². The van der Waals surface area contributed by atoms with E-state index >= 15 is 0 Å². The first kappa shape index (κ1) is 20.9. The van der Waals surface area contributed by atoms with Crippen LogP contribution >= 0.6 is 47.0 Å². The number of aryl methyl sites for hydroxylation is 2. The molecular weight excluding hydrogens is 439 g/mol. The quantitative estimate of drug-likeness (QED) is 0.543. The molecule has 28 heavy (non-hydrogen) atoms. The van der Waals surface area contributed by atoms with Crippen LogP contribution < -0.4 is 10.6 Å². The Labute approximate surface area is 183 Å². The molecule has 0 atom stereocenters. The van der Waals surface area contributed by atoms with Gasteiger partial charge in [-0.15, -0.1) is 0 Å². The predicted octanol–water partition coefficient (Wildman–Crippen LogP) is 4.73. The van der Waals surface area contributed by atoms with Crippen LogP contribution in [0, 0.1) is 13.8 Å². The van der Waals surface area contributed by atoms with Crippen molar-refractivity contribution in [3.05, 3.63) is 62.1 Å². The minimum Gasteiger partial charge on any atom is -0.357 e. The first-order valence-corrected chi connectivity index (χ1v) is 9.99. The molecule has 0 fully saturated rings. The van der Waals surface area contributed by atoms with Crippen molar-refractivity contribution in [2.45, 2.75) is 26.9 Å². The fraction of sp³-hybridized carbons (Fsp3) is 0.278. The maximum absolute atomic E-state index is 6.29. The Bertz CT molecular complexity index is 1010. The molecule has 148 valence electrons. The van der Waals surface area contributed by atoms with Crippen molar-refractivity contribution in [3.63, 3.8) is 0 Å². The summed E-state index contributed by atoms with van der Waals surface area (Å²) in [4.78, 5) is 0. The zero-order valence-corrected chi connectivity index (χ0v) is 18.6. The molecule has 0 saturated heterocycles.